The molecular weight excluding hydrogens is 406 g/mol. The molecular formula is C22H22ClN3O4. The Morgan fingerprint density at radius 1 is 1.10 bits per heavy atom. The van der Waals surface area contributed by atoms with Crippen molar-refractivity contribution in [3.63, 3.8) is 0 Å². The van der Waals surface area contributed by atoms with E-state index in [0.717, 1.165) is 5.56 Å². The number of carbonyl (C=O) groups is 1. The lowest BCUT2D eigenvalue weighted by Crippen LogP contribution is -2.31. The third-order valence-corrected chi connectivity index (χ3v) is 4.65. The first-order valence-electron chi connectivity index (χ1n) is 9.26. The normalized spacial score (nSPS) is 10.5. The minimum Gasteiger partial charge on any atom is -0.497 e. The number of nitrogens with one attached hydrogen (secondary N) is 1. The maximum absolute atomic E-state index is 12.6. The highest BCUT2D eigenvalue weighted by Gasteiger charge is 2.13. The van der Waals surface area contributed by atoms with Gasteiger partial charge >= 0.3 is 0 Å². The van der Waals surface area contributed by atoms with Crippen LogP contribution in [0, 0.1) is 13.8 Å². The second-order valence-electron chi connectivity index (χ2n) is 6.71. The van der Waals surface area contributed by atoms with Crippen LogP contribution in [0.25, 0.3) is 0 Å². The molecule has 0 bridgehead atoms. The zero-order chi connectivity index (χ0) is 21.7. The van der Waals surface area contributed by atoms with Crippen molar-refractivity contribution in [3.8, 4) is 11.5 Å². The number of rotatable bonds is 7. The Balaban J connectivity index is 1.77. The smallest absolute Gasteiger partial charge is 0.254 e. The Kier molecular flexibility index (Phi) is 6.74. The van der Waals surface area contributed by atoms with E-state index in [2.05, 4.69) is 10.3 Å². The molecule has 3 rings (SSSR count). The highest BCUT2D eigenvalue weighted by molar-refractivity contribution is 6.31. The van der Waals surface area contributed by atoms with Gasteiger partial charge in [-0.2, -0.15) is 0 Å². The molecule has 0 spiro atoms. The standard InChI is InChI=1S/C22H22ClN3O4/c1-14-4-5-16(23)11-19(14)25-21(27)12-26-20(24-15(2)10-22(26)28)13-30-18-8-6-17(29-3)7-9-18/h4-11H,12-13H2,1-3H3,(H,25,27). The fourth-order valence-electron chi connectivity index (χ4n) is 2.84. The van der Waals surface area contributed by atoms with Gasteiger partial charge in [0.15, 0.2) is 0 Å². The van der Waals surface area contributed by atoms with Gasteiger partial charge in [0.2, 0.25) is 5.91 Å². The molecule has 8 heteroatoms. The molecule has 1 heterocycles. The van der Waals surface area contributed by atoms with Crippen molar-refractivity contribution in [1.82, 2.24) is 9.55 Å². The van der Waals surface area contributed by atoms with E-state index in [4.69, 9.17) is 21.1 Å². The van der Waals surface area contributed by atoms with Gasteiger partial charge in [0.05, 0.1) is 7.11 Å². The lowest BCUT2D eigenvalue weighted by atomic mass is 10.2. The number of amides is 1. The van der Waals surface area contributed by atoms with Crippen LogP contribution in [0.2, 0.25) is 5.02 Å². The van der Waals surface area contributed by atoms with Crippen LogP contribution in [0.5, 0.6) is 11.5 Å². The molecule has 1 N–H and O–H groups in total. The number of aryl methyl sites for hydroxylation is 2. The molecule has 0 saturated heterocycles. The number of hydrogen-bond donors (Lipinski definition) is 1. The number of halogens is 1. The first kappa shape index (κ1) is 21.4. The molecule has 7 nitrogen and oxygen atoms in total. The Labute approximate surface area is 179 Å². The number of benzene rings is 2. The summed E-state index contributed by atoms with van der Waals surface area (Å²) in [5.41, 5.74) is 1.69. The molecule has 30 heavy (non-hydrogen) atoms. The van der Waals surface area contributed by atoms with Crippen LogP contribution in [0.3, 0.4) is 0 Å². The molecule has 0 aliphatic rings. The molecule has 156 valence electrons. The molecule has 1 aromatic heterocycles. The van der Waals surface area contributed by atoms with Gasteiger partial charge in [-0.15, -0.1) is 0 Å². The van der Waals surface area contributed by atoms with Crippen LogP contribution < -0.4 is 20.3 Å². The van der Waals surface area contributed by atoms with Crippen molar-refractivity contribution in [1.29, 1.82) is 0 Å². The molecule has 3 aromatic rings. The highest BCUT2D eigenvalue weighted by atomic mass is 35.5. The van der Waals surface area contributed by atoms with Gasteiger partial charge in [0.1, 0.15) is 30.5 Å². The Bertz CT molecular complexity index is 1110. The molecule has 0 atom stereocenters. The molecule has 0 unspecified atom stereocenters. The van der Waals surface area contributed by atoms with E-state index in [1.54, 1.807) is 50.4 Å². The summed E-state index contributed by atoms with van der Waals surface area (Å²) in [5, 5.41) is 3.30. The van der Waals surface area contributed by atoms with Crippen molar-refractivity contribution < 1.29 is 14.3 Å². The summed E-state index contributed by atoms with van der Waals surface area (Å²) in [5.74, 6) is 1.30. The van der Waals surface area contributed by atoms with Gasteiger partial charge in [0.25, 0.3) is 5.56 Å². The fraction of sp³-hybridized carbons (Fsp3) is 0.227. The number of nitrogens with zero attached hydrogens (tertiary/aromatic N) is 2. The predicted octanol–water partition coefficient (Wildman–Crippen LogP) is 3.74. The number of hydrogen-bond acceptors (Lipinski definition) is 5. The van der Waals surface area contributed by atoms with E-state index in [9.17, 15) is 9.59 Å². The van der Waals surface area contributed by atoms with Crippen LogP contribution in [-0.4, -0.2) is 22.6 Å². The Morgan fingerprint density at radius 2 is 1.80 bits per heavy atom. The van der Waals surface area contributed by atoms with Gasteiger partial charge in [-0.3, -0.25) is 14.2 Å². The third-order valence-electron chi connectivity index (χ3n) is 4.42. The fourth-order valence-corrected chi connectivity index (χ4v) is 3.01. The van der Waals surface area contributed by atoms with Crippen LogP contribution in [0.1, 0.15) is 17.1 Å². The van der Waals surface area contributed by atoms with Crippen LogP contribution in [0.15, 0.2) is 53.3 Å². The largest absolute Gasteiger partial charge is 0.497 e. The van der Waals surface area contributed by atoms with E-state index in [1.165, 1.54) is 10.6 Å². The van der Waals surface area contributed by atoms with Gasteiger partial charge in [-0.05, 0) is 55.8 Å². The predicted molar refractivity (Wildman–Crippen MR) is 115 cm³/mol. The first-order chi connectivity index (χ1) is 14.4. The average molecular weight is 428 g/mol. The van der Waals surface area contributed by atoms with Gasteiger partial charge < -0.3 is 14.8 Å². The van der Waals surface area contributed by atoms with Crippen LogP contribution in [0.4, 0.5) is 5.69 Å². The van der Waals surface area contributed by atoms with E-state index in [1.807, 2.05) is 13.0 Å². The average Bonchev–Trinajstić information content (AvgIpc) is 2.71. The molecule has 0 saturated carbocycles. The minimum absolute atomic E-state index is 0.0344. The second-order valence-corrected chi connectivity index (χ2v) is 7.15. The number of anilines is 1. The van der Waals surface area contributed by atoms with Gasteiger partial charge in [-0.1, -0.05) is 17.7 Å². The second kappa shape index (κ2) is 9.45. The highest BCUT2D eigenvalue weighted by Crippen LogP contribution is 2.20. The topological polar surface area (TPSA) is 82.5 Å². The zero-order valence-electron chi connectivity index (χ0n) is 16.9. The monoisotopic (exact) mass is 427 g/mol. The van der Waals surface area contributed by atoms with Crippen molar-refractivity contribution >= 4 is 23.2 Å². The lowest BCUT2D eigenvalue weighted by Gasteiger charge is -2.14. The number of aromatic nitrogens is 2. The summed E-state index contributed by atoms with van der Waals surface area (Å²) in [6.45, 7) is 3.42. The summed E-state index contributed by atoms with van der Waals surface area (Å²) >= 11 is 6.01. The van der Waals surface area contributed by atoms with Gasteiger partial charge in [0, 0.05) is 22.5 Å². The van der Waals surface area contributed by atoms with E-state index in [-0.39, 0.29) is 24.6 Å². The first-order valence-corrected chi connectivity index (χ1v) is 9.63. The van der Waals surface area contributed by atoms with Crippen molar-refractivity contribution in [3.05, 3.63) is 81.0 Å². The number of ether oxygens (including phenoxy) is 2. The van der Waals surface area contributed by atoms with Crippen molar-refractivity contribution in [2.75, 3.05) is 12.4 Å². The van der Waals surface area contributed by atoms with E-state index >= 15 is 0 Å². The van der Waals surface area contributed by atoms with Crippen LogP contribution in [-0.2, 0) is 17.9 Å². The minimum atomic E-state index is -0.362. The van der Waals surface area contributed by atoms with Crippen LogP contribution >= 0.6 is 11.6 Å². The van der Waals surface area contributed by atoms with Gasteiger partial charge in [-0.25, -0.2) is 4.98 Å². The summed E-state index contributed by atoms with van der Waals surface area (Å²) in [4.78, 5) is 29.5. The van der Waals surface area contributed by atoms with E-state index in [0.29, 0.717) is 33.7 Å². The Hall–Kier alpha value is -3.32. The summed E-state index contributed by atoms with van der Waals surface area (Å²) in [6, 6.07) is 13.7. The number of carbonyl (C=O) groups excluding carboxylic acids is 1. The third kappa shape index (κ3) is 5.39. The maximum atomic E-state index is 12.6. The zero-order valence-corrected chi connectivity index (χ0v) is 17.7. The Morgan fingerprint density at radius 3 is 2.50 bits per heavy atom. The van der Waals surface area contributed by atoms with Crippen molar-refractivity contribution in [2.24, 2.45) is 0 Å². The molecule has 0 fully saturated rings. The van der Waals surface area contributed by atoms with Crippen molar-refractivity contribution in [2.45, 2.75) is 27.0 Å². The molecule has 2 aromatic carbocycles. The summed E-state index contributed by atoms with van der Waals surface area (Å²) in [7, 11) is 1.58. The maximum Gasteiger partial charge on any atom is 0.254 e. The summed E-state index contributed by atoms with van der Waals surface area (Å²) in [6.07, 6.45) is 0. The molecule has 0 aliphatic heterocycles. The lowest BCUT2D eigenvalue weighted by molar-refractivity contribution is -0.116. The quantitative estimate of drug-likeness (QED) is 0.621. The molecule has 0 radical (unpaired) electrons. The SMILES string of the molecule is COc1ccc(OCc2nc(C)cc(=O)n2CC(=O)Nc2cc(Cl)ccc2C)cc1. The number of methoxy groups -OCH3 is 1. The molecule has 1 amide bonds. The van der Waals surface area contributed by atoms with E-state index < -0.39 is 0 Å². The molecule has 0 aliphatic carbocycles. The summed E-state index contributed by atoms with van der Waals surface area (Å²) < 4.78 is 12.2.